The van der Waals surface area contributed by atoms with E-state index < -0.39 is 15.3 Å². The van der Waals surface area contributed by atoms with E-state index in [1.165, 1.54) is 11.3 Å². The molecule has 0 radical (unpaired) electrons. The fourth-order valence-electron chi connectivity index (χ4n) is 4.23. The maximum absolute atomic E-state index is 12.5. The van der Waals surface area contributed by atoms with Gasteiger partial charge in [0.05, 0.1) is 19.3 Å². The molecule has 0 bridgehead atoms. The predicted octanol–water partition coefficient (Wildman–Crippen LogP) is 2.53. The Bertz CT molecular complexity index is 737. The number of amidine groups is 1. The van der Waals surface area contributed by atoms with Crippen molar-refractivity contribution in [3.63, 3.8) is 0 Å². The molecular formula is C19H33N3O3S. The van der Waals surface area contributed by atoms with Gasteiger partial charge in [-0.1, -0.05) is 41.5 Å². The molecule has 0 spiro atoms. The van der Waals surface area contributed by atoms with Gasteiger partial charge in [0.25, 0.3) is 0 Å². The summed E-state index contributed by atoms with van der Waals surface area (Å²) < 4.78 is 33.1. The Labute approximate surface area is 158 Å². The fraction of sp³-hybridized carbons (Fsp3) is 0.842. The van der Waals surface area contributed by atoms with Crippen LogP contribution in [-0.4, -0.2) is 56.2 Å². The molecule has 0 saturated carbocycles. The van der Waals surface area contributed by atoms with Gasteiger partial charge in [-0.05, 0) is 17.9 Å². The highest BCUT2D eigenvalue weighted by atomic mass is 32.2. The summed E-state index contributed by atoms with van der Waals surface area (Å²) in [4.78, 5) is 7.29. The van der Waals surface area contributed by atoms with Crippen LogP contribution in [0.2, 0.25) is 0 Å². The molecule has 6 nitrogen and oxygen atoms in total. The number of hydrogen-bond donors (Lipinski definition) is 1. The summed E-state index contributed by atoms with van der Waals surface area (Å²) in [6.07, 6.45) is 0.721. The number of hydrogen-bond acceptors (Lipinski definition) is 5. The van der Waals surface area contributed by atoms with Crippen LogP contribution in [0.1, 0.15) is 54.9 Å². The summed E-state index contributed by atoms with van der Waals surface area (Å²) in [5.41, 5.74) is 2.48. The van der Waals surface area contributed by atoms with Crippen LogP contribution in [-0.2, 0) is 14.8 Å². The molecule has 0 amide bonds. The zero-order valence-corrected chi connectivity index (χ0v) is 17.9. The first-order valence-electron chi connectivity index (χ1n) is 9.49. The first kappa shape index (κ1) is 19.8. The topological polar surface area (TPSA) is 71.0 Å². The van der Waals surface area contributed by atoms with Gasteiger partial charge in [-0.25, -0.2) is 13.1 Å². The maximum Gasteiger partial charge on any atom is 0.219 e. The van der Waals surface area contributed by atoms with E-state index >= 15 is 0 Å². The SMILES string of the molecule is C[C@@H]1N=C(C(C)(C)C)N2C[C@@H](NS(=O)(=O)C3COC3)CC2=C1C(C)(C)C. The molecule has 3 heterocycles. The van der Waals surface area contributed by atoms with Crippen molar-refractivity contribution < 1.29 is 13.2 Å². The predicted molar refractivity (Wildman–Crippen MR) is 105 cm³/mol. The van der Waals surface area contributed by atoms with Crippen molar-refractivity contribution in [2.75, 3.05) is 19.8 Å². The Morgan fingerprint density at radius 3 is 2.19 bits per heavy atom. The summed E-state index contributed by atoms with van der Waals surface area (Å²) in [6.45, 7) is 16.5. The second-order valence-electron chi connectivity index (χ2n) is 9.82. The Balaban J connectivity index is 1.93. The lowest BCUT2D eigenvalue weighted by Crippen LogP contribution is -2.50. The lowest BCUT2D eigenvalue weighted by molar-refractivity contribution is 0.0410. The minimum atomic E-state index is -3.33. The molecule has 3 aliphatic rings. The lowest BCUT2D eigenvalue weighted by Gasteiger charge is -2.41. The van der Waals surface area contributed by atoms with Crippen LogP contribution in [0.25, 0.3) is 0 Å². The Morgan fingerprint density at radius 1 is 1.12 bits per heavy atom. The highest BCUT2D eigenvalue weighted by molar-refractivity contribution is 7.90. The van der Waals surface area contributed by atoms with Crippen molar-refractivity contribution in [3.05, 3.63) is 11.3 Å². The minimum absolute atomic E-state index is 0.00447. The molecule has 3 aliphatic heterocycles. The van der Waals surface area contributed by atoms with Gasteiger partial charge in [0.2, 0.25) is 10.0 Å². The van der Waals surface area contributed by atoms with Crippen molar-refractivity contribution in [2.45, 2.75) is 72.2 Å². The molecule has 26 heavy (non-hydrogen) atoms. The Morgan fingerprint density at radius 2 is 1.73 bits per heavy atom. The molecule has 3 rings (SSSR count). The van der Waals surface area contributed by atoms with Crippen LogP contribution in [0.5, 0.6) is 0 Å². The summed E-state index contributed by atoms with van der Waals surface area (Å²) in [5, 5.41) is -0.411. The van der Waals surface area contributed by atoms with Gasteiger partial charge in [-0.2, -0.15) is 0 Å². The van der Waals surface area contributed by atoms with Gasteiger partial charge in [0.1, 0.15) is 11.1 Å². The second kappa shape index (κ2) is 6.31. The van der Waals surface area contributed by atoms with Crippen LogP contribution in [0.3, 0.4) is 0 Å². The van der Waals surface area contributed by atoms with Crippen molar-refractivity contribution in [1.29, 1.82) is 0 Å². The van der Waals surface area contributed by atoms with E-state index in [-0.39, 0.29) is 22.9 Å². The fourth-order valence-corrected chi connectivity index (χ4v) is 5.59. The zero-order chi connectivity index (χ0) is 19.5. The van der Waals surface area contributed by atoms with Gasteiger partial charge in [0, 0.05) is 30.1 Å². The highest BCUT2D eigenvalue weighted by Gasteiger charge is 2.44. The summed E-state index contributed by atoms with van der Waals surface area (Å²) >= 11 is 0. The van der Waals surface area contributed by atoms with E-state index in [4.69, 9.17) is 9.73 Å². The quantitative estimate of drug-likeness (QED) is 0.813. The van der Waals surface area contributed by atoms with Crippen molar-refractivity contribution in [2.24, 2.45) is 15.8 Å². The second-order valence-corrected chi connectivity index (χ2v) is 11.8. The van der Waals surface area contributed by atoms with E-state index in [1.807, 2.05) is 0 Å². The number of nitrogens with one attached hydrogen (secondary N) is 1. The number of aliphatic imine (C=N–C) groups is 1. The molecule has 0 aromatic rings. The van der Waals surface area contributed by atoms with Crippen molar-refractivity contribution in [3.8, 4) is 0 Å². The number of fused-ring (bicyclic) bond motifs is 1. The van der Waals surface area contributed by atoms with E-state index in [0.717, 1.165) is 12.3 Å². The normalized spacial score (nSPS) is 28.1. The van der Waals surface area contributed by atoms with Gasteiger partial charge in [-0.3, -0.25) is 4.99 Å². The molecule has 2 fully saturated rings. The summed E-state index contributed by atoms with van der Waals surface area (Å²) in [6, 6.07) is -0.00309. The van der Waals surface area contributed by atoms with Crippen molar-refractivity contribution >= 4 is 15.9 Å². The first-order valence-corrected chi connectivity index (χ1v) is 11.0. The van der Waals surface area contributed by atoms with E-state index in [1.54, 1.807) is 0 Å². The van der Waals surface area contributed by atoms with Gasteiger partial charge >= 0.3 is 0 Å². The standard InChI is InChI=1S/C19H33N3O3S/c1-12-16(18(2,3)4)15-8-13(21-26(23,24)14-10-25-11-14)9-22(15)17(20-12)19(5,6)7/h12-14,21H,8-11H2,1-7H3/t12-,13-/m0/s1. The number of sulfonamides is 1. The van der Waals surface area contributed by atoms with Crippen LogP contribution >= 0.6 is 0 Å². The number of ether oxygens (including phenoxy) is 1. The molecule has 2 saturated heterocycles. The van der Waals surface area contributed by atoms with E-state index in [0.29, 0.717) is 19.8 Å². The molecule has 0 unspecified atom stereocenters. The van der Waals surface area contributed by atoms with E-state index in [2.05, 4.69) is 58.1 Å². The van der Waals surface area contributed by atoms with Crippen LogP contribution in [0.15, 0.2) is 16.3 Å². The largest absolute Gasteiger partial charge is 0.378 e. The molecule has 0 aromatic carbocycles. The van der Waals surface area contributed by atoms with Crippen LogP contribution in [0.4, 0.5) is 0 Å². The maximum atomic E-state index is 12.5. The monoisotopic (exact) mass is 383 g/mol. The molecule has 148 valence electrons. The third kappa shape index (κ3) is 3.58. The third-order valence-electron chi connectivity index (χ3n) is 5.32. The highest BCUT2D eigenvalue weighted by Crippen LogP contribution is 2.43. The number of nitrogens with zero attached hydrogens (tertiary/aromatic N) is 2. The molecule has 0 aliphatic carbocycles. The van der Waals surface area contributed by atoms with Crippen molar-refractivity contribution in [1.82, 2.24) is 9.62 Å². The van der Waals surface area contributed by atoms with Gasteiger partial charge in [-0.15, -0.1) is 0 Å². The number of rotatable bonds is 3. The van der Waals surface area contributed by atoms with Crippen LogP contribution < -0.4 is 4.72 Å². The average Bonchev–Trinajstić information content (AvgIpc) is 2.73. The molecule has 7 heteroatoms. The minimum Gasteiger partial charge on any atom is -0.378 e. The molecule has 0 aromatic heterocycles. The van der Waals surface area contributed by atoms with Crippen LogP contribution in [0, 0.1) is 10.8 Å². The summed E-state index contributed by atoms with van der Waals surface area (Å²) in [5.74, 6) is 1.06. The molecule has 1 N–H and O–H groups in total. The lowest BCUT2D eigenvalue weighted by atomic mass is 9.79. The smallest absolute Gasteiger partial charge is 0.219 e. The zero-order valence-electron chi connectivity index (χ0n) is 17.1. The van der Waals surface area contributed by atoms with Gasteiger partial charge in [0.15, 0.2) is 0 Å². The molecule has 2 atom stereocenters. The van der Waals surface area contributed by atoms with E-state index in [9.17, 15) is 8.42 Å². The average molecular weight is 384 g/mol. The third-order valence-corrected chi connectivity index (χ3v) is 7.14. The Kier molecular flexibility index (Phi) is 4.81. The molecular weight excluding hydrogens is 350 g/mol. The first-order chi connectivity index (χ1) is 11.8. The Hall–Kier alpha value is -0.920. The van der Waals surface area contributed by atoms with Gasteiger partial charge < -0.3 is 9.64 Å². The summed E-state index contributed by atoms with van der Waals surface area (Å²) in [7, 11) is -3.33.